The van der Waals surface area contributed by atoms with Gasteiger partial charge in [0.25, 0.3) is 0 Å². The van der Waals surface area contributed by atoms with Gasteiger partial charge in [-0.3, -0.25) is 58.0 Å². The molecular formula is C68H97N15O21S. The summed E-state index contributed by atoms with van der Waals surface area (Å²) in [7, 11) is 0. The first-order valence-corrected chi connectivity index (χ1v) is 34.5. The molecule has 576 valence electrons. The van der Waals surface area contributed by atoms with Gasteiger partial charge < -0.3 is 99.8 Å². The van der Waals surface area contributed by atoms with Gasteiger partial charge in [-0.25, -0.2) is 24.0 Å². The van der Waals surface area contributed by atoms with Gasteiger partial charge in [0.05, 0.1) is 44.8 Å². The van der Waals surface area contributed by atoms with Crippen LogP contribution >= 0.6 is 12.2 Å². The number of carbonyl (C=O) groups is 13. The molecule has 3 aromatic carbocycles. The van der Waals surface area contributed by atoms with Crippen molar-refractivity contribution in [2.75, 3.05) is 109 Å². The van der Waals surface area contributed by atoms with Crippen LogP contribution in [0, 0.1) is 6.92 Å². The Hall–Kier alpha value is -10.8. The molecule has 0 spiro atoms. The van der Waals surface area contributed by atoms with E-state index in [9.17, 15) is 98.1 Å². The third-order valence-corrected chi connectivity index (χ3v) is 16.8. The predicted octanol–water partition coefficient (Wildman–Crippen LogP) is 0.415. The fourth-order valence-electron chi connectivity index (χ4n) is 11.1. The lowest BCUT2D eigenvalue weighted by Crippen LogP contribution is -2.53. The average molecular weight is 1490 g/mol. The third kappa shape index (κ3) is 36.3. The number of anilines is 2. The maximum Gasteiger partial charge on any atom is 0.326 e. The molecule has 1 heterocycles. The van der Waals surface area contributed by atoms with Gasteiger partial charge in [0.2, 0.25) is 17.7 Å². The van der Waals surface area contributed by atoms with Crippen LogP contribution in [-0.2, 0) is 65.6 Å². The molecule has 0 aromatic heterocycles. The number of unbranched alkanes of at least 4 members (excludes halogenated alkanes) is 3. The number of nitrogens with two attached hydrogens (primary N) is 1. The fraction of sp³-hybridized carbons (Fsp3) is 0.500. The summed E-state index contributed by atoms with van der Waals surface area (Å²) in [6.07, 6.45) is 2.37. The second-order valence-electron chi connectivity index (χ2n) is 25.0. The number of aliphatic carboxylic acids is 8. The normalized spacial score (nSPS) is 15.2. The van der Waals surface area contributed by atoms with Gasteiger partial charge >= 0.3 is 59.8 Å². The number of benzene rings is 3. The minimum atomic E-state index is -1.58. The smallest absolute Gasteiger partial charge is 0.326 e. The van der Waals surface area contributed by atoms with Gasteiger partial charge in [-0.05, 0) is 125 Å². The minimum Gasteiger partial charge on any atom is -0.481 e. The number of urea groups is 2. The van der Waals surface area contributed by atoms with E-state index < -0.39 is 134 Å². The van der Waals surface area contributed by atoms with Crippen molar-refractivity contribution in [3.63, 3.8) is 0 Å². The summed E-state index contributed by atoms with van der Waals surface area (Å²) < 4.78 is 0. The molecule has 0 bridgehead atoms. The van der Waals surface area contributed by atoms with Crippen LogP contribution in [0.25, 0.3) is 5.70 Å². The number of hydrogen-bond donors (Lipinski definition) is 19. The molecule has 1 fully saturated rings. The van der Waals surface area contributed by atoms with Crippen LogP contribution in [0.15, 0.2) is 79.0 Å². The van der Waals surface area contributed by atoms with E-state index in [0.29, 0.717) is 36.9 Å². The van der Waals surface area contributed by atoms with Gasteiger partial charge in [0, 0.05) is 101 Å². The lowest BCUT2D eigenvalue weighted by atomic mass is 10.0. The van der Waals surface area contributed by atoms with Crippen LogP contribution in [0.5, 0.6) is 0 Å². The molecule has 37 heteroatoms. The van der Waals surface area contributed by atoms with E-state index in [1.54, 1.807) is 62.1 Å². The lowest BCUT2D eigenvalue weighted by Gasteiger charge is -2.37. The number of rotatable bonds is 44. The number of thiocarbonyl (C=S) groups is 1. The third-order valence-electron chi connectivity index (χ3n) is 16.5. The van der Waals surface area contributed by atoms with E-state index in [4.69, 9.17) is 23.1 Å². The van der Waals surface area contributed by atoms with Crippen LogP contribution in [-0.4, -0.2) is 271 Å². The summed E-state index contributed by atoms with van der Waals surface area (Å²) in [4.78, 5) is 167. The van der Waals surface area contributed by atoms with E-state index in [1.165, 1.54) is 12.3 Å². The van der Waals surface area contributed by atoms with Gasteiger partial charge in [-0.2, -0.15) is 0 Å². The van der Waals surface area contributed by atoms with Crippen molar-refractivity contribution >= 4 is 112 Å². The summed E-state index contributed by atoms with van der Waals surface area (Å²) in [6.45, 7) is 1.41. The predicted molar refractivity (Wildman–Crippen MR) is 386 cm³/mol. The summed E-state index contributed by atoms with van der Waals surface area (Å²) in [5, 5.41) is 104. The Balaban J connectivity index is 1.37. The summed E-state index contributed by atoms with van der Waals surface area (Å²) in [5.41, 5.74) is 10.1. The maximum absolute atomic E-state index is 14.0. The van der Waals surface area contributed by atoms with Crippen molar-refractivity contribution in [1.29, 1.82) is 0 Å². The van der Waals surface area contributed by atoms with E-state index in [0.717, 1.165) is 16.7 Å². The molecule has 0 saturated carbocycles. The number of nitrogens with one attached hydrogen (secondary N) is 10. The molecule has 3 aromatic rings. The average Bonchev–Trinajstić information content (AvgIpc) is 0.857. The van der Waals surface area contributed by atoms with E-state index in [2.05, 4.69) is 47.9 Å². The number of amides is 7. The van der Waals surface area contributed by atoms with E-state index in [-0.39, 0.29) is 146 Å². The molecular weight excluding hydrogens is 1390 g/mol. The SMILES string of the molecule is Cc1ccc(CC(=O)NCCCCC(NC(=O)C(CCCCNC(=S)Nc2ccc(CC3CN(CC(=O)O)CCN(CC(=O)O)CCN(CC(=O)O)CCN3CC(=O)O)cc2)NC(=O)CN/C(=C\N)c2cccc(NC(=O)NCCCCC(NC(=O)NC(CCC(=O)O)C(=O)O)C(=O)O)c2)C(=O)O)cc1. The van der Waals surface area contributed by atoms with Crippen LogP contribution in [0.2, 0.25) is 0 Å². The molecule has 5 unspecified atom stereocenters. The zero-order valence-electron chi connectivity index (χ0n) is 58.4. The van der Waals surface area contributed by atoms with Crippen molar-refractivity contribution in [3.05, 3.63) is 101 Å². The molecule has 1 saturated heterocycles. The lowest BCUT2D eigenvalue weighted by molar-refractivity contribution is -0.142. The molecule has 105 heavy (non-hydrogen) atoms. The second kappa shape index (κ2) is 46.8. The quantitative estimate of drug-likeness (QED) is 0.0269. The number of carboxylic acid groups (broad SMARTS) is 8. The van der Waals surface area contributed by atoms with Gasteiger partial charge in [0.1, 0.15) is 24.2 Å². The van der Waals surface area contributed by atoms with Crippen molar-refractivity contribution < 1.29 is 103 Å². The van der Waals surface area contributed by atoms with Crippen LogP contribution < -0.4 is 58.9 Å². The van der Waals surface area contributed by atoms with Crippen molar-refractivity contribution in [2.45, 2.75) is 121 Å². The van der Waals surface area contributed by atoms with E-state index in [1.807, 2.05) is 36.5 Å². The minimum absolute atomic E-state index is 0.000683. The molecule has 0 radical (unpaired) electrons. The Bertz CT molecular complexity index is 3460. The summed E-state index contributed by atoms with van der Waals surface area (Å²) in [5.74, 6) is -11.7. The summed E-state index contributed by atoms with van der Waals surface area (Å²) >= 11 is 5.60. The highest BCUT2D eigenvalue weighted by Gasteiger charge is 2.30. The Morgan fingerprint density at radius 2 is 1.00 bits per heavy atom. The Labute approximate surface area is 611 Å². The first-order chi connectivity index (χ1) is 49.9. The molecule has 20 N–H and O–H groups in total. The number of carboxylic acids is 8. The molecule has 4 rings (SSSR count). The number of hydrogen-bond acceptors (Lipinski definition) is 20. The van der Waals surface area contributed by atoms with Crippen LogP contribution in [0.4, 0.5) is 21.0 Å². The van der Waals surface area contributed by atoms with Gasteiger partial charge in [-0.1, -0.05) is 54.1 Å². The highest BCUT2D eigenvalue weighted by Crippen LogP contribution is 2.19. The maximum atomic E-state index is 14.0. The van der Waals surface area contributed by atoms with Crippen LogP contribution in [0.3, 0.4) is 0 Å². The van der Waals surface area contributed by atoms with Crippen molar-refractivity contribution in [3.8, 4) is 0 Å². The topological polar surface area (TPSA) is 543 Å². The molecule has 7 amide bonds. The summed E-state index contributed by atoms with van der Waals surface area (Å²) in [6, 6.07) is 12.9. The highest BCUT2D eigenvalue weighted by molar-refractivity contribution is 7.80. The molecule has 0 aliphatic carbocycles. The largest absolute Gasteiger partial charge is 0.481 e. The zero-order valence-corrected chi connectivity index (χ0v) is 59.2. The fourth-order valence-corrected chi connectivity index (χ4v) is 11.3. The Morgan fingerprint density at radius 1 is 0.495 bits per heavy atom. The Kier molecular flexibility index (Phi) is 38.6. The van der Waals surface area contributed by atoms with Gasteiger partial charge in [0.15, 0.2) is 5.11 Å². The number of carbonyl (C=O) groups excluding carboxylic acids is 5. The zero-order chi connectivity index (χ0) is 77.4. The first kappa shape index (κ1) is 86.6. The van der Waals surface area contributed by atoms with Crippen LogP contribution in [0.1, 0.15) is 92.9 Å². The van der Waals surface area contributed by atoms with Crippen molar-refractivity contribution in [1.82, 2.24) is 62.1 Å². The monoisotopic (exact) mass is 1490 g/mol. The molecule has 36 nitrogen and oxygen atoms in total. The van der Waals surface area contributed by atoms with E-state index >= 15 is 0 Å². The Morgan fingerprint density at radius 3 is 1.55 bits per heavy atom. The number of nitrogens with zero attached hydrogens (tertiary/aromatic N) is 4. The van der Waals surface area contributed by atoms with Gasteiger partial charge in [-0.15, -0.1) is 0 Å². The number of aryl methyl sites for hydroxylation is 1. The highest BCUT2D eigenvalue weighted by atomic mass is 32.1. The van der Waals surface area contributed by atoms with Crippen molar-refractivity contribution in [2.24, 2.45) is 5.73 Å². The molecule has 5 atom stereocenters. The molecule has 1 aliphatic rings. The first-order valence-electron chi connectivity index (χ1n) is 34.1. The standard InChI is InChI=1S/C68H97N15O21S/c1-43-14-16-45(17-15-43)34-55(84)70-24-5-3-12-51(63(97)98)77-62(96)50(76-56(85)37-73-54(36-69)46-9-8-10-48(35-46)74-66(103)71-25-6-4-13-52(64(99)100)78-67(104)79-53(65(101)102)22-23-57(86)87)11-2-7-26-72-68(105)75-47-20-18-44(19-21-47)33-49-38-82(41-60(92)93)30-29-80(39-58(88)89)27-28-81(40-59(90)91)31-32-83(49)42-61(94)95/h8-10,14-21,35-36,49-53,73H,2-7,11-13,22-34,37-42,69H2,1H3,(H,70,84)(H,76,85)(H,77,96)(H,86,87)(H,88,89)(H,90,91)(H,92,93)(H,94,95)(H,97,98)(H,99,100)(H,101,102)(H2,71,74,103)(H2,72,75,105)(H2,78,79,104)/b54-36-. The second-order valence-corrected chi connectivity index (χ2v) is 25.4. The molecule has 1 aliphatic heterocycles.